The first-order valence-electron chi connectivity index (χ1n) is 4.73. The monoisotopic (exact) mass is 180 g/mol. The van der Waals surface area contributed by atoms with Gasteiger partial charge in [-0.05, 0) is 17.4 Å². The Labute approximate surface area is 78.5 Å². The van der Waals surface area contributed by atoms with Crippen molar-refractivity contribution in [3.05, 3.63) is 17.5 Å². The summed E-state index contributed by atoms with van der Waals surface area (Å²) in [4.78, 5) is 0. The van der Waals surface area contributed by atoms with Crippen molar-refractivity contribution in [3.63, 3.8) is 0 Å². The summed E-state index contributed by atoms with van der Waals surface area (Å²) in [7, 11) is 0. The highest BCUT2D eigenvalue weighted by atomic mass is 16.5. The Morgan fingerprint density at radius 3 is 3.00 bits per heavy atom. The zero-order valence-electron chi connectivity index (χ0n) is 8.42. The van der Waals surface area contributed by atoms with E-state index in [1.165, 1.54) is 11.3 Å². The van der Waals surface area contributed by atoms with Crippen molar-refractivity contribution in [2.75, 3.05) is 6.61 Å². The minimum absolute atomic E-state index is 0.141. The van der Waals surface area contributed by atoms with Gasteiger partial charge in [0.05, 0.1) is 18.5 Å². The number of nitrogens with one attached hydrogen (secondary N) is 1. The Bertz CT molecular complexity index is 298. The standard InChI is InChI=1S/C10H16N2O/c1-10(2,3)9-8-7(4-5-13-9)6-11-12-8/h6,9H,4-5H2,1-3H3,(H,11,12). The van der Waals surface area contributed by atoms with E-state index >= 15 is 0 Å². The van der Waals surface area contributed by atoms with Gasteiger partial charge in [0, 0.05) is 0 Å². The average molecular weight is 180 g/mol. The lowest BCUT2D eigenvalue weighted by Crippen LogP contribution is -2.27. The van der Waals surface area contributed by atoms with Crippen molar-refractivity contribution in [2.24, 2.45) is 5.41 Å². The molecule has 2 heterocycles. The van der Waals surface area contributed by atoms with Gasteiger partial charge in [-0.25, -0.2) is 0 Å². The number of aromatic amines is 1. The molecule has 0 fully saturated rings. The fourth-order valence-electron chi connectivity index (χ4n) is 1.80. The van der Waals surface area contributed by atoms with E-state index in [1.807, 2.05) is 6.20 Å². The maximum Gasteiger partial charge on any atom is 0.104 e. The van der Waals surface area contributed by atoms with E-state index in [-0.39, 0.29) is 11.5 Å². The molecule has 1 atom stereocenters. The Morgan fingerprint density at radius 2 is 2.31 bits per heavy atom. The maximum absolute atomic E-state index is 5.76. The minimum atomic E-state index is 0.141. The first-order chi connectivity index (χ1) is 6.09. The fraction of sp³-hybridized carbons (Fsp3) is 0.700. The molecule has 0 amide bonds. The molecule has 0 saturated carbocycles. The van der Waals surface area contributed by atoms with E-state index < -0.39 is 0 Å². The van der Waals surface area contributed by atoms with Crippen molar-refractivity contribution < 1.29 is 4.74 Å². The third-order valence-electron chi connectivity index (χ3n) is 2.46. The smallest absolute Gasteiger partial charge is 0.104 e. The number of rotatable bonds is 0. The van der Waals surface area contributed by atoms with Gasteiger partial charge in [-0.1, -0.05) is 20.8 Å². The molecule has 0 aliphatic carbocycles. The Hall–Kier alpha value is -0.830. The van der Waals surface area contributed by atoms with Crippen LogP contribution in [0.15, 0.2) is 6.20 Å². The van der Waals surface area contributed by atoms with Crippen LogP contribution in [0.5, 0.6) is 0 Å². The fourth-order valence-corrected chi connectivity index (χ4v) is 1.80. The van der Waals surface area contributed by atoms with Gasteiger partial charge in [0.1, 0.15) is 6.10 Å². The highest BCUT2D eigenvalue weighted by Gasteiger charge is 2.32. The van der Waals surface area contributed by atoms with Crippen LogP contribution in [0.2, 0.25) is 0 Å². The minimum Gasteiger partial charge on any atom is -0.371 e. The summed E-state index contributed by atoms with van der Waals surface area (Å²) in [5.74, 6) is 0. The van der Waals surface area contributed by atoms with Crippen molar-refractivity contribution >= 4 is 0 Å². The van der Waals surface area contributed by atoms with Crippen LogP contribution in [0.3, 0.4) is 0 Å². The summed E-state index contributed by atoms with van der Waals surface area (Å²) in [5, 5.41) is 7.10. The Morgan fingerprint density at radius 1 is 1.54 bits per heavy atom. The van der Waals surface area contributed by atoms with Crippen LogP contribution in [0, 0.1) is 5.41 Å². The molecule has 3 heteroatoms. The SMILES string of the molecule is CC(C)(C)C1OCCc2cn[nH]c21. The highest BCUT2D eigenvalue weighted by Crippen LogP contribution is 2.38. The number of aromatic nitrogens is 2. The van der Waals surface area contributed by atoms with Gasteiger partial charge in [-0.3, -0.25) is 5.10 Å². The van der Waals surface area contributed by atoms with Crippen LogP contribution in [-0.2, 0) is 11.2 Å². The molecule has 0 bridgehead atoms. The lowest BCUT2D eigenvalue weighted by Gasteiger charge is -2.33. The van der Waals surface area contributed by atoms with E-state index in [4.69, 9.17) is 4.74 Å². The van der Waals surface area contributed by atoms with E-state index in [1.54, 1.807) is 0 Å². The number of ether oxygens (including phenoxy) is 1. The van der Waals surface area contributed by atoms with Gasteiger partial charge >= 0.3 is 0 Å². The van der Waals surface area contributed by atoms with Crippen molar-refractivity contribution in [3.8, 4) is 0 Å². The van der Waals surface area contributed by atoms with Crippen LogP contribution in [-0.4, -0.2) is 16.8 Å². The molecule has 1 aromatic rings. The second-order valence-corrected chi connectivity index (χ2v) is 4.68. The normalized spacial score (nSPS) is 22.8. The largest absolute Gasteiger partial charge is 0.371 e. The van der Waals surface area contributed by atoms with Gasteiger partial charge in [-0.15, -0.1) is 0 Å². The van der Waals surface area contributed by atoms with E-state index in [0.29, 0.717) is 0 Å². The molecule has 1 unspecified atom stereocenters. The maximum atomic E-state index is 5.76. The van der Waals surface area contributed by atoms with E-state index in [9.17, 15) is 0 Å². The van der Waals surface area contributed by atoms with Crippen molar-refractivity contribution in [1.82, 2.24) is 10.2 Å². The van der Waals surface area contributed by atoms with Crippen LogP contribution >= 0.6 is 0 Å². The summed E-state index contributed by atoms with van der Waals surface area (Å²) >= 11 is 0. The molecular formula is C10H16N2O. The molecule has 1 aliphatic heterocycles. The van der Waals surface area contributed by atoms with Crippen molar-refractivity contribution in [1.29, 1.82) is 0 Å². The summed E-state index contributed by atoms with van der Waals surface area (Å²) < 4.78 is 5.76. The lowest BCUT2D eigenvalue weighted by atomic mass is 9.84. The second-order valence-electron chi connectivity index (χ2n) is 4.68. The Kier molecular flexibility index (Phi) is 1.91. The van der Waals surface area contributed by atoms with Crippen molar-refractivity contribution in [2.45, 2.75) is 33.3 Å². The van der Waals surface area contributed by atoms with E-state index in [0.717, 1.165) is 13.0 Å². The predicted molar refractivity (Wildman–Crippen MR) is 50.4 cm³/mol. The molecule has 2 rings (SSSR count). The average Bonchev–Trinajstić information content (AvgIpc) is 2.48. The molecule has 1 aliphatic rings. The molecule has 1 aromatic heterocycles. The number of hydrogen-bond donors (Lipinski definition) is 1. The molecule has 13 heavy (non-hydrogen) atoms. The van der Waals surface area contributed by atoms with Gasteiger partial charge in [0.15, 0.2) is 0 Å². The van der Waals surface area contributed by atoms with Crippen LogP contribution < -0.4 is 0 Å². The van der Waals surface area contributed by atoms with Crippen LogP contribution in [0.4, 0.5) is 0 Å². The zero-order valence-corrected chi connectivity index (χ0v) is 8.42. The van der Waals surface area contributed by atoms with Gasteiger partial charge in [0.2, 0.25) is 0 Å². The van der Waals surface area contributed by atoms with Gasteiger partial charge in [-0.2, -0.15) is 5.10 Å². The molecule has 1 N–H and O–H groups in total. The molecule has 0 aromatic carbocycles. The second kappa shape index (κ2) is 2.84. The summed E-state index contributed by atoms with van der Waals surface area (Å²) in [6, 6.07) is 0. The third-order valence-corrected chi connectivity index (χ3v) is 2.46. The Balaban J connectivity index is 2.35. The number of H-pyrrole nitrogens is 1. The first kappa shape index (κ1) is 8.75. The van der Waals surface area contributed by atoms with Crippen LogP contribution in [0.25, 0.3) is 0 Å². The summed E-state index contributed by atoms with van der Waals surface area (Å²) in [6.45, 7) is 7.38. The lowest BCUT2D eigenvalue weighted by molar-refractivity contribution is -0.0312. The first-order valence-corrected chi connectivity index (χ1v) is 4.73. The molecule has 0 spiro atoms. The molecule has 72 valence electrons. The quantitative estimate of drug-likeness (QED) is 0.663. The number of fused-ring (bicyclic) bond motifs is 1. The number of hydrogen-bond acceptors (Lipinski definition) is 2. The third kappa shape index (κ3) is 1.48. The van der Waals surface area contributed by atoms with Crippen LogP contribution in [0.1, 0.15) is 38.1 Å². The number of nitrogens with zero attached hydrogens (tertiary/aromatic N) is 1. The topological polar surface area (TPSA) is 37.9 Å². The van der Waals surface area contributed by atoms with E-state index in [2.05, 4.69) is 31.0 Å². The summed E-state index contributed by atoms with van der Waals surface area (Å²) in [6.07, 6.45) is 3.06. The predicted octanol–water partition coefficient (Wildman–Crippen LogP) is 2.07. The van der Waals surface area contributed by atoms with Gasteiger partial charge < -0.3 is 4.74 Å². The molecular weight excluding hydrogens is 164 g/mol. The molecule has 0 saturated heterocycles. The molecule has 0 radical (unpaired) electrons. The summed E-state index contributed by atoms with van der Waals surface area (Å²) in [5.41, 5.74) is 2.62. The zero-order chi connectivity index (χ0) is 9.47. The highest BCUT2D eigenvalue weighted by molar-refractivity contribution is 5.22. The molecule has 3 nitrogen and oxygen atoms in total. The van der Waals surface area contributed by atoms with Gasteiger partial charge in [0.25, 0.3) is 0 Å².